The number of nitrogens with one attached hydrogen (secondary N) is 1. The van der Waals surface area contributed by atoms with Gasteiger partial charge in [0, 0.05) is 5.02 Å². The van der Waals surface area contributed by atoms with Gasteiger partial charge in [0.15, 0.2) is 5.13 Å². The SMILES string of the molecule is O=C(Cc1cccc(Cl)c1)Nc1ncc(Br)s1. The van der Waals surface area contributed by atoms with E-state index in [1.54, 1.807) is 18.3 Å². The van der Waals surface area contributed by atoms with Crippen LogP contribution in [-0.4, -0.2) is 10.9 Å². The van der Waals surface area contributed by atoms with Gasteiger partial charge in [-0.25, -0.2) is 4.98 Å². The molecule has 1 aromatic carbocycles. The number of carbonyl (C=O) groups is 1. The molecule has 2 aromatic rings. The first kappa shape index (κ1) is 12.5. The number of aromatic nitrogens is 1. The second kappa shape index (κ2) is 5.62. The second-order valence-corrected chi connectivity index (χ2v) is 6.17. The predicted octanol–water partition coefficient (Wildman–Crippen LogP) is 3.74. The molecular weight excluding hydrogens is 324 g/mol. The zero-order valence-corrected chi connectivity index (χ0v) is 11.8. The third kappa shape index (κ3) is 3.80. The molecule has 0 aliphatic rings. The van der Waals surface area contributed by atoms with Gasteiger partial charge in [0.25, 0.3) is 0 Å². The minimum Gasteiger partial charge on any atom is -0.302 e. The normalized spacial score (nSPS) is 10.2. The standard InChI is InChI=1S/C11H8BrClN2OS/c12-9-6-14-11(17-9)15-10(16)5-7-2-1-3-8(13)4-7/h1-4,6H,5H2,(H,14,15,16). The molecule has 0 saturated carbocycles. The number of hydrogen-bond acceptors (Lipinski definition) is 3. The number of halogens is 2. The highest BCUT2D eigenvalue weighted by Gasteiger charge is 2.07. The molecule has 0 unspecified atom stereocenters. The van der Waals surface area contributed by atoms with Crippen LogP contribution in [0, 0.1) is 0 Å². The van der Waals surface area contributed by atoms with E-state index in [0.29, 0.717) is 10.2 Å². The van der Waals surface area contributed by atoms with E-state index in [2.05, 4.69) is 26.2 Å². The summed E-state index contributed by atoms with van der Waals surface area (Å²) in [5.74, 6) is -0.103. The fourth-order valence-corrected chi connectivity index (χ4v) is 2.64. The van der Waals surface area contributed by atoms with Crippen LogP contribution in [0.15, 0.2) is 34.2 Å². The van der Waals surface area contributed by atoms with Crippen LogP contribution in [0.25, 0.3) is 0 Å². The fraction of sp³-hybridized carbons (Fsp3) is 0.0909. The highest BCUT2D eigenvalue weighted by Crippen LogP contribution is 2.23. The van der Waals surface area contributed by atoms with Gasteiger partial charge >= 0.3 is 0 Å². The van der Waals surface area contributed by atoms with Crippen molar-refractivity contribution < 1.29 is 4.79 Å². The summed E-state index contributed by atoms with van der Waals surface area (Å²) >= 11 is 10.5. The van der Waals surface area contributed by atoms with Crippen LogP contribution >= 0.6 is 38.9 Å². The molecular formula is C11H8BrClN2OS. The minimum atomic E-state index is -0.103. The quantitative estimate of drug-likeness (QED) is 0.931. The third-order valence-corrected chi connectivity index (χ3v) is 3.60. The molecule has 0 aliphatic carbocycles. The molecule has 0 aliphatic heterocycles. The molecule has 0 fully saturated rings. The molecule has 1 aromatic heterocycles. The van der Waals surface area contributed by atoms with Crippen molar-refractivity contribution in [2.24, 2.45) is 0 Å². The Hall–Kier alpha value is -0.910. The van der Waals surface area contributed by atoms with Crippen LogP contribution in [0.5, 0.6) is 0 Å². The van der Waals surface area contributed by atoms with Gasteiger partial charge in [-0.15, -0.1) is 0 Å². The molecule has 0 bridgehead atoms. The maximum absolute atomic E-state index is 11.7. The number of carbonyl (C=O) groups excluding carboxylic acids is 1. The average molecular weight is 332 g/mol. The van der Waals surface area contributed by atoms with Crippen LogP contribution in [0.4, 0.5) is 5.13 Å². The van der Waals surface area contributed by atoms with Crippen molar-refractivity contribution in [3.63, 3.8) is 0 Å². The Labute approximate surface area is 116 Å². The Morgan fingerprint density at radius 1 is 1.53 bits per heavy atom. The summed E-state index contributed by atoms with van der Waals surface area (Å²) in [4.78, 5) is 15.7. The van der Waals surface area contributed by atoms with Crippen LogP contribution in [0.1, 0.15) is 5.56 Å². The average Bonchev–Trinajstić information content (AvgIpc) is 2.63. The smallest absolute Gasteiger partial charge is 0.230 e. The van der Waals surface area contributed by atoms with Crippen molar-refractivity contribution in [2.45, 2.75) is 6.42 Å². The summed E-state index contributed by atoms with van der Waals surface area (Å²) in [7, 11) is 0. The molecule has 1 amide bonds. The Kier molecular flexibility index (Phi) is 4.15. The number of rotatable bonds is 3. The molecule has 1 heterocycles. The molecule has 88 valence electrons. The first-order valence-corrected chi connectivity index (χ1v) is 6.78. The molecule has 17 heavy (non-hydrogen) atoms. The zero-order valence-electron chi connectivity index (χ0n) is 8.61. The predicted molar refractivity (Wildman–Crippen MR) is 73.6 cm³/mol. The zero-order chi connectivity index (χ0) is 12.3. The minimum absolute atomic E-state index is 0.103. The number of hydrogen-bond donors (Lipinski definition) is 1. The van der Waals surface area contributed by atoms with E-state index < -0.39 is 0 Å². The van der Waals surface area contributed by atoms with Crippen molar-refractivity contribution in [3.8, 4) is 0 Å². The Morgan fingerprint density at radius 2 is 2.35 bits per heavy atom. The summed E-state index contributed by atoms with van der Waals surface area (Å²) < 4.78 is 0.885. The maximum atomic E-state index is 11.7. The lowest BCUT2D eigenvalue weighted by molar-refractivity contribution is -0.115. The first-order chi connectivity index (χ1) is 8.13. The van der Waals surface area contributed by atoms with Crippen molar-refractivity contribution in [1.82, 2.24) is 4.98 Å². The lowest BCUT2D eigenvalue weighted by Crippen LogP contribution is -2.14. The number of amides is 1. The molecule has 0 spiro atoms. The highest BCUT2D eigenvalue weighted by atomic mass is 79.9. The van der Waals surface area contributed by atoms with Gasteiger partial charge in [-0.3, -0.25) is 4.79 Å². The summed E-state index contributed by atoms with van der Waals surface area (Å²) in [5.41, 5.74) is 0.880. The molecule has 3 nitrogen and oxygen atoms in total. The Morgan fingerprint density at radius 3 is 3.00 bits per heavy atom. The molecule has 0 radical (unpaired) electrons. The summed E-state index contributed by atoms with van der Waals surface area (Å²) in [6.45, 7) is 0. The largest absolute Gasteiger partial charge is 0.302 e. The van der Waals surface area contributed by atoms with Gasteiger partial charge < -0.3 is 5.32 Å². The topological polar surface area (TPSA) is 42.0 Å². The van der Waals surface area contributed by atoms with Gasteiger partial charge in [-0.1, -0.05) is 35.1 Å². The van der Waals surface area contributed by atoms with E-state index in [-0.39, 0.29) is 12.3 Å². The lowest BCUT2D eigenvalue weighted by atomic mass is 10.1. The molecule has 6 heteroatoms. The molecule has 0 saturated heterocycles. The molecule has 0 atom stereocenters. The lowest BCUT2D eigenvalue weighted by Gasteiger charge is -2.02. The number of benzene rings is 1. The molecule has 1 N–H and O–H groups in total. The fourth-order valence-electron chi connectivity index (χ4n) is 1.31. The van der Waals surface area contributed by atoms with Crippen molar-refractivity contribution in [1.29, 1.82) is 0 Å². The van der Waals surface area contributed by atoms with Gasteiger partial charge in [0.1, 0.15) is 0 Å². The number of nitrogens with zero attached hydrogens (tertiary/aromatic N) is 1. The summed E-state index contributed by atoms with van der Waals surface area (Å²) in [6, 6.07) is 7.24. The van der Waals surface area contributed by atoms with E-state index >= 15 is 0 Å². The number of thiazole rings is 1. The van der Waals surface area contributed by atoms with Crippen molar-refractivity contribution in [2.75, 3.05) is 5.32 Å². The highest BCUT2D eigenvalue weighted by molar-refractivity contribution is 9.11. The van der Waals surface area contributed by atoms with Crippen LogP contribution in [0.2, 0.25) is 5.02 Å². The van der Waals surface area contributed by atoms with Crippen LogP contribution in [0.3, 0.4) is 0 Å². The van der Waals surface area contributed by atoms with E-state index in [0.717, 1.165) is 9.35 Å². The van der Waals surface area contributed by atoms with E-state index in [1.807, 2.05) is 12.1 Å². The van der Waals surface area contributed by atoms with Gasteiger partial charge in [0.05, 0.1) is 16.4 Å². The summed E-state index contributed by atoms with van der Waals surface area (Å²) in [6.07, 6.45) is 1.94. The van der Waals surface area contributed by atoms with Crippen LogP contribution < -0.4 is 5.32 Å². The Bertz CT molecular complexity index is 544. The maximum Gasteiger partial charge on any atom is 0.230 e. The van der Waals surface area contributed by atoms with Gasteiger partial charge in [-0.2, -0.15) is 0 Å². The number of anilines is 1. The monoisotopic (exact) mass is 330 g/mol. The second-order valence-electron chi connectivity index (χ2n) is 3.32. The summed E-state index contributed by atoms with van der Waals surface area (Å²) in [5, 5.41) is 3.94. The van der Waals surface area contributed by atoms with Crippen molar-refractivity contribution in [3.05, 3.63) is 44.8 Å². The van der Waals surface area contributed by atoms with E-state index in [9.17, 15) is 4.79 Å². The third-order valence-electron chi connectivity index (χ3n) is 1.98. The first-order valence-electron chi connectivity index (χ1n) is 4.79. The Balaban J connectivity index is 1.98. The molecule has 2 rings (SSSR count). The van der Waals surface area contributed by atoms with Gasteiger partial charge in [-0.05, 0) is 33.6 Å². The van der Waals surface area contributed by atoms with Crippen molar-refractivity contribution >= 4 is 49.9 Å². The van der Waals surface area contributed by atoms with Gasteiger partial charge in [0.2, 0.25) is 5.91 Å². The van der Waals surface area contributed by atoms with E-state index in [1.165, 1.54) is 11.3 Å². The van der Waals surface area contributed by atoms with Crippen LogP contribution in [-0.2, 0) is 11.2 Å². The van der Waals surface area contributed by atoms with E-state index in [4.69, 9.17) is 11.6 Å².